The van der Waals surface area contributed by atoms with E-state index in [1.165, 1.54) is 11.0 Å². The molecule has 2 heterocycles. The Morgan fingerprint density at radius 3 is 2.80 bits per heavy atom. The summed E-state index contributed by atoms with van der Waals surface area (Å²) in [6.45, 7) is 3.43. The van der Waals surface area contributed by atoms with Crippen LogP contribution in [0.25, 0.3) is 0 Å². The third-order valence-electron chi connectivity index (χ3n) is 2.48. The second-order valence-electron chi connectivity index (χ2n) is 3.49. The van der Waals surface area contributed by atoms with E-state index in [2.05, 4.69) is 20.7 Å². The Morgan fingerprint density at radius 2 is 2.33 bits per heavy atom. The first-order valence-electron chi connectivity index (χ1n) is 4.73. The molecule has 80 valence electrons. The van der Waals surface area contributed by atoms with Gasteiger partial charge in [0.05, 0.1) is 0 Å². The second-order valence-corrected chi connectivity index (χ2v) is 3.49. The molecule has 0 unspecified atom stereocenters. The molecule has 0 atom stereocenters. The van der Waals surface area contributed by atoms with Gasteiger partial charge in [0, 0.05) is 25.7 Å². The molecule has 0 spiro atoms. The van der Waals surface area contributed by atoms with E-state index >= 15 is 0 Å². The van der Waals surface area contributed by atoms with E-state index in [0.717, 1.165) is 24.2 Å². The predicted octanol–water partition coefficient (Wildman–Crippen LogP) is -0.327. The minimum absolute atomic E-state index is 0.109. The third-order valence-corrected chi connectivity index (χ3v) is 2.48. The van der Waals surface area contributed by atoms with Crippen LogP contribution in [-0.2, 0) is 11.8 Å². The van der Waals surface area contributed by atoms with Gasteiger partial charge in [0.2, 0.25) is 5.95 Å². The van der Waals surface area contributed by atoms with E-state index in [0.29, 0.717) is 5.95 Å². The monoisotopic (exact) mass is 207 g/mol. The van der Waals surface area contributed by atoms with Gasteiger partial charge in [-0.05, 0) is 12.5 Å². The molecule has 1 aliphatic rings. The summed E-state index contributed by atoms with van der Waals surface area (Å²) < 4.78 is 1.52. The smallest absolute Gasteiger partial charge is 0.253 e. The Labute approximate surface area is 87.4 Å². The van der Waals surface area contributed by atoms with Gasteiger partial charge in [0.1, 0.15) is 6.33 Å². The molecular weight excluding hydrogens is 194 g/mol. The van der Waals surface area contributed by atoms with Crippen LogP contribution in [0.2, 0.25) is 0 Å². The minimum atomic E-state index is -0.109. The largest absolute Gasteiger partial charge is 0.309 e. The standard InChI is InChI=1S/C9H13N5O/c1-6(7-3-10-4-7)8(15)13-9-11-5-12-14(9)2/h5,10H,3-4H2,1-2H3,(H,11,12,13,15). The lowest BCUT2D eigenvalue weighted by Crippen LogP contribution is -2.36. The highest BCUT2D eigenvalue weighted by Gasteiger charge is 2.16. The number of carbonyl (C=O) groups excluding carboxylic acids is 1. The van der Waals surface area contributed by atoms with Crippen LogP contribution in [0.15, 0.2) is 17.5 Å². The van der Waals surface area contributed by atoms with Gasteiger partial charge in [0.15, 0.2) is 0 Å². The molecule has 6 heteroatoms. The SMILES string of the molecule is CC(C(=O)Nc1ncnn1C)=C1CNC1. The Bertz CT molecular complexity index is 414. The molecule has 6 nitrogen and oxygen atoms in total. The van der Waals surface area contributed by atoms with Gasteiger partial charge in [0.25, 0.3) is 5.91 Å². The fourth-order valence-electron chi connectivity index (χ4n) is 1.28. The number of anilines is 1. The van der Waals surface area contributed by atoms with Gasteiger partial charge in [-0.25, -0.2) is 4.68 Å². The zero-order chi connectivity index (χ0) is 10.8. The number of aryl methyl sites for hydroxylation is 1. The zero-order valence-corrected chi connectivity index (χ0v) is 8.74. The Hall–Kier alpha value is -1.69. The van der Waals surface area contributed by atoms with Gasteiger partial charge < -0.3 is 5.32 Å². The number of hydrogen-bond acceptors (Lipinski definition) is 4. The van der Waals surface area contributed by atoms with Gasteiger partial charge in [-0.15, -0.1) is 0 Å². The number of hydrogen-bond donors (Lipinski definition) is 2. The molecule has 1 fully saturated rings. The molecular formula is C9H13N5O. The van der Waals surface area contributed by atoms with Crippen molar-refractivity contribution in [2.24, 2.45) is 7.05 Å². The molecule has 2 N–H and O–H groups in total. The van der Waals surface area contributed by atoms with E-state index < -0.39 is 0 Å². The first kappa shape index (κ1) is 9.85. The quantitative estimate of drug-likeness (QED) is 0.652. The molecule has 1 amide bonds. The van der Waals surface area contributed by atoms with Crippen LogP contribution in [0.5, 0.6) is 0 Å². The van der Waals surface area contributed by atoms with Crippen LogP contribution in [-0.4, -0.2) is 33.8 Å². The van der Waals surface area contributed by atoms with E-state index in [4.69, 9.17) is 0 Å². The first-order valence-corrected chi connectivity index (χ1v) is 4.73. The van der Waals surface area contributed by atoms with Crippen LogP contribution in [0.4, 0.5) is 5.95 Å². The van der Waals surface area contributed by atoms with Crippen LogP contribution < -0.4 is 10.6 Å². The van der Waals surface area contributed by atoms with Crippen molar-refractivity contribution >= 4 is 11.9 Å². The molecule has 1 saturated heterocycles. The number of aromatic nitrogens is 3. The van der Waals surface area contributed by atoms with Gasteiger partial charge >= 0.3 is 0 Å². The normalized spacial score (nSPS) is 14.7. The van der Waals surface area contributed by atoms with Crippen molar-refractivity contribution in [2.75, 3.05) is 18.4 Å². The van der Waals surface area contributed by atoms with Gasteiger partial charge in [-0.1, -0.05) is 0 Å². The van der Waals surface area contributed by atoms with Crippen molar-refractivity contribution in [3.8, 4) is 0 Å². The van der Waals surface area contributed by atoms with Crippen molar-refractivity contribution in [2.45, 2.75) is 6.92 Å². The molecule has 0 aromatic carbocycles. The number of rotatable bonds is 2. The van der Waals surface area contributed by atoms with Crippen molar-refractivity contribution in [3.63, 3.8) is 0 Å². The molecule has 2 rings (SSSR count). The lowest BCUT2D eigenvalue weighted by atomic mass is 10.0. The van der Waals surface area contributed by atoms with Crippen LogP contribution in [0.1, 0.15) is 6.92 Å². The molecule has 1 aliphatic heterocycles. The summed E-state index contributed by atoms with van der Waals surface area (Å²) in [7, 11) is 1.73. The van der Waals surface area contributed by atoms with Crippen LogP contribution in [0, 0.1) is 0 Å². The number of nitrogens with zero attached hydrogens (tertiary/aromatic N) is 3. The van der Waals surface area contributed by atoms with E-state index in [9.17, 15) is 4.79 Å². The summed E-state index contributed by atoms with van der Waals surface area (Å²) in [5, 5.41) is 9.67. The molecule has 1 aromatic rings. The molecule has 1 aromatic heterocycles. The van der Waals surface area contributed by atoms with Gasteiger partial charge in [-0.2, -0.15) is 10.1 Å². The number of nitrogens with one attached hydrogen (secondary N) is 2. The van der Waals surface area contributed by atoms with E-state index in [1.54, 1.807) is 7.05 Å². The second kappa shape index (κ2) is 3.82. The molecule has 15 heavy (non-hydrogen) atoms. The summed E-state index contributed by atoms with van der Waals surface area (Å²) in [5.41, 5.74) is 1.91. The summed E-state index contributed by atoms with van der Waals surface area (Å²) in [6, 6.07) is 0. The van der Waals surface area contributed by atoms with E-state index in [-0.39, 0.29) is 5.91 Å². The minimum Gasteiger partial charge on any atom is -0.309 e. The lowest BCUT2D eigenvalue weighted by Gasteiger charge is -2.21. The third kappa shape index (κ3) is 1.89. The zero-order valence-electron chi connectivity index (χ0n) is 8.74. The summed E-state index contributed by atoms with van der Waals surface area (Å²) in [5.74, 6) is 0.356. The Kier molecular flexibility index (Phi) is 2.51. The Morgan fingerprint density at radius 1 is 1.60 bits per heavy atom. The molecule has 0 radical (unpaired) electrons. The van der Waals surface area contributed by atoms with E-state index in [1.807, 2.05) is 6.92 Å². The highest BCUT2D eigenvalue weighted by atomic mass is 16.1. The fourth-order valence-corrected chi connectivity index (χ4v) is 1.28. The summed E-state index contributed by atoms with van der Waals surface area (Å²) >= 11 is 0. The molecule has 0 aliphatic carbocycles. The Balaban J connectivity index is 2.07. The maximum absolute atomic E-state index is 11.7. The first-order chi connectivity index (χ1) is 7.18. The fraction of sp³-hybridized carbons (Fsp3) is 0.444. The average Bonchev–Trinajstić information content (AvgIpc) is 2.49. The van der Waals surface area contributed by atoms with Crippen molar-refractivity contribution in [1.29, 1.82) is 0 Å². The van der Waals surface area contributed by atoms with Crippen molar-refractivity contribution in [1.82, 2.24) is 20.1 Å². The summed E-state index contributed by atoms with van der Waals surface area (Å²) in [4.78, 5) is 15.6. The number of amides is 1. The van der Waals surface area contributed by atoms with Crippen LogP contribution >= 0.6 is 0 Å². The summed E-state index contributed by atoms with van der Waals surface area (Å²) in [6.07, 6.45) is 1.41. The maximum Gasteiger partial charge on any atom is 0.253 e. The van der Waals surface area contributed by atoms with Crippen molar-refractivity contribution < 1.29 is 4.79 Å². The number of carbonyl (C=O) groups is 1. The van der Waals surface area contributed by atoms with Gasteiger partial charge in [-0.3, -0.25) is 10.1 Å². The lowest BCUT2D eigenvalue weighted by molar-refractivity contribution is -0.113. The average molecular weight is 207 g/mol. The highest BCUT2D eigenvalue weighted by molar-refractivity contribution is 6.03. The van der Waals surface area contributed by atoms with Crippen LogP contribution in [0.3, 0.4) is 0 Å². The maximum atomic E-state index is 11.7. The highest BCUT2D eigenvalue weighted by Crippen LogP contribution is 2.10. The van der Waals surface area contributed by atoms with Crippen molar-refractivity contribution in [3.05, 3.63) is 17.5 Å². The predicted molar refractivity (Wildman–Crippen MR) is 55.2 cm³/mol. The topological polar surface area (TPSA) is 71.8 Å². The molecule has 0 bridgehead atoms. The molecule has 0 saturated carbocycles.